The number of alkyl halides is 2. The third kappa shape index (κ3) is 6.51. The van der Waals surface area contributed by atoms with Crippen molar-refractivity contribution in [1.82, 2.24) is 4.90 Å². The smallest absolute Gasteiger partial charge is 0.410 e. The summed E-state index contributed by atoms with van der Waals surface area (Å²) in [6.07, 6.45) is -0.699. The van der Waals surface area contributed by atoms with E-state index >= 15 is 0 Å². The van der Waals surface area contributed by atoms with E-state index in [0.29, 0.717) is 5.56 Å². The van der Waals surface area contributed by atoms with Gasteiger partial charge in [0.15, 0.2) is 6.61 Å². The summed E-state index contributed by atoms with van der Waals surface area (Å²) in [6, 6.07) is 13.6. The molecule has 2 aromatic rings. The molecule has 36 heavy (non-hydrogen) atoms. The molecule has 194 valence electrons. The number of rotatable bonds is 8. The second kappa shape index (κ2) is 11.0. The van der Waals surface area contributed by atoms with Crippen LogP contribution < -0.4 is 0 Å². The van der Waals surface area contributed by atoms with Crippen molar-refractivity contribution in [1.29, 1.82) is 0 Å². The molecule has 11 nitrogen and oxygen atoms in total. The highest BCUT2D eigenvalue weighted by molar-refractivity contribution is 7.86. The summed E-state index contributed by atoms with van der Waals surface area (Å²) >= 11 is 0. The molecule has 0 aliphatic carbocycles. The predicted molar refractivity (Wildman–Crippen MR) is 120 cm³/mol. The highest BCUT2D eigenvalue weighted by Gasteiger charge is 2.46. The third-order valence-electron chi connectivity index (χ3n) is 5.59. The van der Waals surface area contributed by atoms with Gasteiger partial charge in [0, 0.05) is 19.2 Å². The lowest BCUT2D eigenvalue weighted by molar-refractivity contribution is -0.385. The van der Waals surface area contributed by atoms with Gasteiger partial charge < -0.3 is 14.4 Å². The molecule has 2 aromatic carbocycles. The number of nitro benzene ring substituents is 1. The quantitative estimate of drug-likeness (QED) is 0.234. The Morgan fingerprint density at radius 3 is 2.31 bits per heavy atom. The van der Waals surface area contributed by atoms with Crippen LogP contribution in [0, 0.1) is 16.0 Å². The Hall–Kier alpha value is -3.65. The predicted octanol–water partition coefficient (Wildman–Crippen LogP) is 3.63. The van der Waals surface area contributed by atoms with Crippen LogP contribution in [-0.2, 0) is 31.0 Å². The number of amides is 1. The molecule has 0 unspecified atom stereocenters. The topological polar surface area (TPSA) is 153 Å². The van der Waals surface area contributed by atoms with Crippen LogP contribution in [0.1, 0.15) is 18.4 Å². The van der Waals surface area contributed by atoms with Crippen molar-refractivity contribution >= 4 is 27.9 Å². The van der Waals surface area contributed by atoms with E-state index in [2.05, 4.69) is 4.74 Å². The zero-order chi connectivity index (χ0) is 26.5. The molecule has 1 aliphatic rings. The number of hydrogen-bond acceptors (Lipinski definition) is 8. The molecular formula is C22H22F2N2O9S. The number of halogens is 2. The number of nitrogens with zero attached hydrogens (tertiary/aromatic N) is 2. The zero-order valence-electron chi connectivity index (χ0n) is 18.7. The van der Waals surface area contributed by atoms with Gasteiger partial charge in [0.2, 0.25) is 0 Å². The summed E-state index contributed by atoms with van der Waals surface area (Å²) in [5.41, 5.74) is 1.38. The number of carbonyl (C=O) groups is 2. The maximum absolute atomic E-state index is 13.2. The lowest BCUT2D eigenvalue weighted by Crippen LogP contribution is -2.42. The molecule has 1 aliphatic heterocycles. The van der Waals surface area contributed by atoms with Crippen molar-refractivity contribution in [2.45, 2.75) is 24.7 Å². The fourth-order valence-electron chi connectivity index (χ4n) is 3.54. The molecule has 0 aromatic heterocycles. The fourth-order valence-corrected chi connectivity index (χ4v) is 3.75. The van der Waals surface area contributed by atoms with Crippen molar-refractivity contribution < 1.29 is 45.7 Å². The van der Waals surface area contributed by atoms with Crippen LogP contribution in [0.4, 0.5) is 19.3 Å². The van der Waals surface area contributed by atoms with E-state index in [0.717, 1.165) is 5.56 Å². The number of nitro groups is 1. The number of piperidine rings is 1. The molecule has 0 spiro atoms. The lowest BCUT2D eigenvalue weighted by atomic mass is 9.97. The summed E-state index contributed by atoms with van der Waals surface area (Å²) in [5, 5.41) is 6.91. The first-order valence-corrected chi connectivity index (χ1v) is 12.1. The number of hydrogen-bond donors (Lipinski definition) is 1. The van der Waals surface area contributed by atoms with Crippen molar-refractivity contribution in [3.63, 3.8) is 0 Å². The van der Waals surface area contributed by atoms with Gasteiger partial charge in [-0.3, -0.25) is 19.5 Å². The summed E-state index contributed by atoms with van der Waals surface area (Å²) in [7, 11) is -5.73. The van der Waals surface area contributed by atoms with Gasteiger partial charge in [0.25, 0.3) is 5.69 Å². The monoisotopic (exact) mass is 528 g/mol. The van der Waals surface area contributed by atoms with Crippen molar-refractivity contribution in [2.24, 2.45) is 5.92 Å². The first-order valence-electron chi connectivity index (χ1n) is 10.6. The Balaban J connectivity index is 1.53. The SMILES string of the molecule is O=C(OCC(F)(F)S(=O)(=O)O)C1CCN(C(=O)OCc2ccc(-c3ccccc3)cc2[N+](=O)[O-])CC1. The van der Waals surface area contributed by atoms with Crippen LogP contribution in [-0.4, -0.2) is 59.8 Å². The second-order valence-electron chi connectivity index (χ2n) is 8.00. The van der Waals surface area contributed by atoms with Crippen LogP contribution in [0.5, 0.6) is 0 Å². The Kier molecular flexibility index (Phi) is 8.20. The molecule has 1 N–H and O–H groups in total. The van der Waals surface area contributed by atoms with E-state index in [1.165, 1.54) is 17.0 Å². The largest absolute Gasteiger partial charge is 0.458 e. The maximum atomic E-state index is 13.2. The number of ether oxygens (including phenoxy) is 2. The van der Waals surface area contributed by atoms with Gasteiger partial charge in [-0.1, -0.05) is 36.4 Å². The van der Waals surface area contributed by atoms with Crippen LogP contribution in [0.25, 0.3) is 11.1 Å². The Morgan fingerprint density at radius 1 is 1.08 bits per heavy atom. The van der Waals surface area contributed by atoms with Crippen LogP contribution in [0.15, 0.2) is 48.5 Å². The average molecular weight is 528 g/mol. The molecule has 0 saturated carbocycles. The summed E-state index contributed by atoms with van der Waals surface area (Å²) in [5.74, 6) is -1.95. The molecule has 0 radical (unpaired) electrons. The lowest BCUT2D eigenvalue weighted by Gasteiger charge is -2.30. The summed E-state index contributed by atoms with van der Waals surface area (Å²) in [4.78, 5) is 36.6. The van der Waals surface area contributed by atoms with E-state index in [1.807, 2.05) is 6.07 Å². The van der Waals surface area contributed by atoms with Crippen molar-refractivity contribution in [2.75, 3.05) is 19.7 Å². The van der Waals surface area contributed by atoms with Gasteiger partial charge in [-0.05, 0) is 30.0 Å². The summed E-state index contributed by atoms with van der Waals surface area (Å²) in [6.45, 7) is -2.16. The minimum absolute atomic E-state index is 0.0162. The second-order valence-corrected chi connectivity index (χ2v) is 9.55. The van der Waals surface area contributed by atoms with Crippen molar-refractivity contribution in [3.05, 3.63) is 64.2 Å². The van der Waals surface area contributed by atoms with Gasteiger partial charge in [-0.15, -0.1) is 0 Å². The molecule has 1 heterocycles. The number of carbonyl (C=O) groups excluding carboxylic acids is 2. The molecular weight excluding hydrogens is 506 g/mol. The normalized spacial score (nSPS) is 14.8. The van der Waals surface area contributed by atoms with E-state index in [-0.39, 0.29) is 43.8 Å². The fraction of sp³-hybridized carbons (Fsp3) is 0.364. The highest BCUT2D eigenvalue weighted by Crippen LogP contribution is 2.28. The average Bonchev–Trinajstić information content (AvgIpc) is 2.85. The van der Waals surface area contributed by atoms with Crippen LogP contribution in [0.2, 0.25) is 0 Å². The minimum atomic E-state index is -5.73. The molecule has 1 saturated heterocycles. The molecule has 14 heteroatoms. The van der Waals surface area contributed by atoms with Gasteiger partial charge in [0.05, 0.1) is 16.4 Å². The van der Waals surface area contributed by atoms with Crippen LogP contribution >= 0.6 is 0 Å². The van der Waals surface area contributed by atoms with E-state index in [1.54, 1.807) is 30.3 Å². The minimum Gasteiger partial charge on any atom is -0.458 e. The maximum Gasteiger partial charge on any atom is 0.410 e. The van der Waals surface area contributed by atoms with Gasteiger partial charge in [-0.25, -0.2) is 4.79 Å². The zero-order valence-corrected chi connectivity index (χ0v) is 19.5. The molecule has 1 fully saturated rings. The van der Waals surface area contributed by atoms with Crippen LogP contribution in [0.3, 0.4) is 0 Å². The number of likely N-dealkylation sites (tertiary alicyclic amines) is 1. The standard InChI is InChI=1S/C22H22F2N2O9S/c23-22(24,36(31,32)33)14-35-20(27)16-8-10-25(11-9-16)21(28)34-13-18-7-6-17(12-19(18)26(29)30)15-4-2-1-3-5-15/h1-7,12,16H,8-11,13-14H2,(H,31,32,33). The molecule has 0 bridgehead atoms. The Labute approximate surface area is 204 Å². The van der Waals surface area contributed by atoms with E-state index < -0.39 is 44.9 Å². The molecule has 0 atom stereocenters. The van der Waals surface area contributed by atoms with Gasteiger partial charge >= 0.3 is 27.4 Å². The van der Waals surface area contributed by atoms with Crippen molar-refractivity contribution in [3.8, 4) is 11.1 Å². The first-order chi connectivity index (χ1) is 16.9. The van der Waals surface area contributed by atoms with E-state index in [4.69, 9.17) is 9.29 Å². The van der Waals surface area contributed by atoms with Gasteiger partial charge in [-0.2, -0.15) is 17.2 Å². The molecule has 1 amide bonds. The highest BCUT2D eigenvalue weighted by atomic mass is 32.2. The first kappa shape index (κ1) is 26.9. The number of esters is 1. The van der Waals surface area contributed by atoms with Gasteiger partial charge in [0.1, 0.15) is 6.61 Å². The molecule has 3 rings (SSSR count). The van der Waals surface area contributed by atoms with E-state index in [9.17, 15) is 36.9 Å². The third-order valence-corrected chi connectivity index (χ3v) is 6.46. The summed E-state index contributed by atoms with van der Waals surface area (Å²) < 4.78 is 65.6. The number of benzene rings is 2. The Morgan fingerprint density at radius 2 is 1.72 bits per heavy atom. The Bertz CT molecular complexity index is 1230.